The number of nitrogens with zero attached hydrogens (tertiary/aromatic N) is 3. The van der Waals surface area contributed by atoms with Crippen LogP contribution in [-0.2, 0) is 17.6 Å². The molecule has 0 spiro atoms. The van der Waals surface area contributed by atoms with E-state index in [2.05, 4.69) is 29.0 Å². The molecule has 5 aromatic rings. The van der Waals surface area contributed by atoms with Crippen LogP contribution in [-0.4, -0.2) is 15.1 Å². The lowest BCUT2D eigenvalue weighted by Gasteiger charge is -2.07. The van der Waals surface area contributed by atoms with Crippen molar-refractivity contribution in [2.75, 3.05) is 5.73 Å². The van der Waals surface area contributed by atoms with E-state index in [9.17, 15) is 13.6 Å². The molecule has 0 bridgehead atoms. The number of thiophene rings is 1. The first kappa shape index (κ1) is 31.6. The Hall–Kier alpha value is -4.33. The fourth-order valence-electron chi connectivity index (χ4n) is 4.17. The number of benzene rings is 2. The SMILES string of the molecule is CCCCCCc1ccc(-c2cc3nccc(Oc4ccc(N)cc4F)c3s2)nc1.N#CSC(=O)Cc1ccc(F)cc1. The molecule has 0 atom stereocenters. The normalized spacial score (nSPS) is 10.6. The van der Waals surface area contributed by atoms with E-state index in [0.29, 0.717) is 28.8 Å². The van der Waals surface area contributed by atoms with Gasteiger partial charge in [-0.3, -0.25) is 14.8 Å². The van der Waals surface area contributed by atoms with Crippen molar-refractivity contribution >= 4 is 44.1 Å². The summed E-state index contributed by atoms with van der Waals surface area (Å²) in [4.78, 5) is 21.0. The second kappa shape index (κ2) is 15.8. The highest BCUT2D eigenvalue weighted by Crippen LogP contribution is 2.39. The van der Waals surface area contributed by atoms with Gasteiger partial charge in [-0.1, -0.05) is 44.4 Å². The third-order valence-electron chi connectivity index (χ3n) is 6.37. The van der Waals surface area contributed by atoms with Gasteiger partial charge in [-0.2, -0.15) is 5.26 Å². The average molecular weight is 617 g/mol. The molecule has 0 unspecified atom stereocenters. The molecule has 0 amide bonds. The van der Waals surface area contributed by atoms with Gasteiger partial charge in [0.25, 0.3) is 0 Å². The van der Waals surface area contributed by atoms with Crippen LogP contribution in [0.25, 0.3) is 20.8 Å². The molecule has 2 aromatic carbocycles. The van der Waals surface area contributed by atoms with E-state index in [4.69, 9.17) is 15.7 Å². The van der Waals surface area contributed by atoms with Gasteiger partial charge in [0.05, 0.1) is 20.8 Å². The quantitative estimate of drug-likeness (QED) is 0.0948. The number of pyridine rings is 2. The highest BCUT2D eigenvalue weighted by Gasteiger charge is 2.13. The summed E-state index contributed by atoms with van der Waals surface area (Å²) in [5.74, 6) is -0.123. The number of thioether (sulfide) groups is 1. The number of aryl methyl sites for hydroxylation is 1. The van der Waals surface area contributed by atoms with Crippen LogP contribution >= 0.6 is 23.1 Å². The number of rotatable bonds is 10. The van der Waals surface area contributed by atoms with Crippen LogP contribution < -0.4 is 10.5 Å². The van der Waals surface area contributed by atoms with Gasteiger partial charge in [0.15, 0.2) is 11.6 Å². The molecule has 0 saturated heterocycles. The average Bonchev–Trinajstić information content (AvgIpc) is 3.44. The summed E-state index contributed by atoms with van der Waals surface area (Å²) in [6, 6.07) is 18.0. The number of thiocyanates is 1. The van der Waals surface area contributed by atoms with Gasteiger partial charge in [0.2, 0.25) is 5.12 Å². The summed E-state index contributed by atoms with van der Waals surface area (Å²) < 4.78 is 33.3. The van der Waals surface area contributed by atoms with Crippen molar-refractivity contribution in [2.24, 2.45) is 0 Å². The van der Waals surface area contributed by atoms with E-state index in [1.165, 1.54) is 79.0 Å². The molecule has 43 heavy (non-hydrogen) atoms. The smallest absolute Gasteiger partial charge is 0.207 e. The minimum Gasteiger partial charge on any atom is -0.453 e. The molecule has 0 aliphatic rings. The van der Waals surface area contributed by atoms with Gasteiger partial charge < -0.3 is 10.5 Å². The molecule has 0 aliphatic carbocycles. The molecule has 3 aromatic heterocycles. The van der Waals surface area contributed by atoms with Crippen molar-refractivity contribution in [2.45, 2.75) is 45.4 Å². The van der Waals surface area contributed by atoms with Crippen LogP contribution in [0.4, 0.5) is 14.5 Å². The minimum absolute atomic E-state index is 0.136. The molecule has 0 aliphatic heterocycles. The van der Waals surface area contributed by atoms with E-state index < -0.39 is 5.82 Å². The lowest BCUT2D eigenvalue weighted by atomic mass is 10.1. The highest BCUT2D eigenvalue weighted by molar-refractivity contribution is 8.17. The fourth-order valence-corrected chi connectivity index (χ4v) is 5.55. The summed E-state index contributed by atoms with van der Waals surface area (Å²) in [6.45, 7) is 2.22. The Labute approximate surface area is 257 Å². The Kier molecular flexibility index (Phi) is 11.6. The molecular formula is C33H30F2N4O2S2. The van der Waals surface area contributed by atoms with Gasteiger partial charge in [-0.15, -0.1) is 11.3 Å². The predicted octanol–water partition coefficient (Wildman–Crippen LogP) is 9.10. The Morgan fingerprint density at radius 3 is 2.47 bits per heavy atom. The third kappa shape index (κ3) is 9.33. The number of fused-ring (bicyclic) bond motifs is 1. The van der Waals surface area contributed by atoms with Crippen molar-refractivity contribution in [3.8, 4) is 27.5 Å². The minimum atomic E-state index is -0.493. The number of hydrogen-bond acceptors (Lipinski definition) is 8. The van der Waals surface area contributed by atoms with Crippen LogP contribution in [0.15, 0.2) is 79.1 Å². The van der Waals surface area contributed by atoms with Crippen LogP contribution in [0, 0.1) is 22.3 Å². The summed E-state index contributed by atoms with van der Waals surface area (Å²) in [5.41, 5.74) is 9.66. The molecule has 0 saturated carbocycles. The molecule has 2 N–H and O–H groups in total. The predicted molar refractivity (Wildman–Crippen MR) is 170 cm³/mol. The number of halogens is 2. The van der Waals surface area contributed by atoms with Crippen LogP contribution in [0.3, 0.4) is 0 Å². The number of nitriles is 1. The van der Waals surface area contributed by atoms with E-state index >= 15 is 0 Å². The van der Waals surface area contributed by atoms with Gasteiger partial charge >= 0.3 is 0 Å². The van der Waals surface area contributed by atoms with Crippen LogP contribution in [0.1, 0.15) is 43.7 Å². The third-order valence-corrected chi connectivity index (χ3v) is 7.99. The zero-order valence-corrected chi connectivity index (χ0v) is 25.2. The molecule has 220 valence electrons. The van der Waals surface area contributed by atoms with Gasteiger partial charge in [0.1, 0.15) is 17.0 Å². The first-order chi connectivity index (χ1) is 20.9. The largest absolute Gasteiger partial charge is 0.453 e. The summed E-state index contributed by atoms with van der Waals surface area (Å²) >= 11 is 2.14. The fraction of sp³-hybridized carbons (Fsp3) is 0.212. The first-order valence-corrected chi connectivity index (χ1v) is 15.4. The monoisotopic (exact) mass is 616 g/mol. The highest BCUT2D eigenvalue weighted by atomic mass is 32.2. The van der Waals surface area contributed by atoms with E-state index in [1.807, 2.05) is 12.3 Å². The molecular weight excluding hydrogens is 587 g/mol. The lowest BCUT2D eigenvalue weighted by molar-refractivity contribution is -0.110. The molecule has 0 radical (unpaired) electrons. The topological polar surface area (TPSA) is 102 Å². The Morgan fingerprint density at radius 2 is 1.77 bits per heavy atom. The lowest BCUT2D eigenvalue weighted by Crippen LogP contribution is -1.95. The number of aromatic nitrogens is 2. The summed E-state index contributed by atoms with van der Waals surface area (Å²) in [5, 5.41) is 9.66. The molecule has 5 rings (SSSR count). The number of carbonyl (C=O) groups is 1. The molecule has 3 heterocycles. The number of hydrogen-bond donors (Lipinski definition) is 1. The maximum absolute atomic E-state index is 14.1. The van der Waals surface area contributed by atoms with Crippen molar-refractivity contribution in [1.82, 2.24) is 9.97 Å². The Morgan fingerprint density at radius 1 is 0.977 bits per heavy atom. The standard InChI is InChI=1S/C24H24FN3OS.C9H6FNOS/c1-2-3-4-5-6-16-7-9-19(28-15-16)23-14-20-24(30-23)22(11-12-27-20)29-21-10-8-17(26)13-18(21)25;10-8-3-1-7(2-4-8)5-9(12)13-6-11/h7-15H,2-6,26H2,1H3;1-4H,5H2. The van der Waals surface area contributed by atoms with Gasteiger partial charge in [-0.25, -0.2) is 8.78 Å². The first-order valence-electron chi connectivity index (χ1n) is 13.8. The second-order valence-electron chi connectivity index (χ2n) is 9.66. The number of unbranched alkanes of at least 4 members (excludes halogenated alkanes) is 3. The molecule has 6 nitrogen and oxygen atoms in total. The van der Waals surface area contributed by atoms with Crippen molar-refractivity contribution in [1.29, 1.82) is 5.26 Å². The number of nitrogen functional groups attached to an aromatic ring is 1. The van der Waals surface area contributed by atoms with Crippen molar-refractivity contribution in [3.63, 3.8) is 0 Å². The zero-order chi connectivity index (χ0) is 30.6. The Bertz CT molecular complexity index is 1700. The maximum Gasteiger partial charge on any atom is 0.207 e. The number of nitrogens with two attached hydrogens (primary N) is 1. The summed E-state index contributed by atoms with van der Waals surface area (Å²) in [7, 11) is 0. The van der Waals surface area contributed by atoms with E-state index in [-0.39, 0.29) is 23.1 Å². The van der Waals surface area contributed by atoms with Gasteiger partial charge in [0, 0.05) is 48.4 Å². The zero-order valence-electron chi connectivity index (χ0n) is 23.6. The van der Waals surface area contributed by atoms with E-state index in [1.54, 1.807) is 23.7 Å². The van der Waals surface area contributed by atoms with Crippen molar-refractivity contribution < 1.29 is 18.3 Å². The summed E-state index contributed by atoms with van der Waals surface area (Å²) in [6.07, 6.45) is 9.84. The number of ether oxygens (including phenoxy) is 1. The Balaban J connectivity index is 0.000000273. The maximum atomic E-state index is 14.1. The van der Waals surface area contributed by atoms with Gasteiger partial charge in [-0.05, 0) is 60.4 Å². The van der Waals surface area contributed by atoms with Crippen molar-refractivity contribution in [3.05, 3.63) is 102 Å². The van der Waals surface area contributed by atoms with Crippen LogP contribution in [0.5, 0.6) is 11.5 Å². The number of anilines is 1. The number of carbonyl (C=O) groups excluding carboxylic acids is 1. The molecule has 0 fully saturated rings. The van der Waals surface area contributed by atoms with E-state index in [0.717, 1.165) is 27.2 Å². The van der Waals surface area contributed by atoms with Crippen LogP contribution in [0.2, 0.25) is 0 Å². The second-order valence-corrected chi connectivity index (χ2v) is 11.6. The molecule has 10 heteroatoms.